The van der Waals surface area contributed by atoms with Crippen molar-refractivity contribution in [1.82, 2.24) is 0 Å². The van der Waals surface area contributed by atoms with Crippen LogP contribution in [-0.4, -0.2) is 17.7 Å². The Bertz CT molecular complexity index is 431. The van der Waals surface area contributed by atoms with E-state index in [0.29, 0.717) is 30.0 Å². The van der Waals surface area contributed by atoms with Crippen LogP contribution in [0.25, 0.3) is 0 Å². The Morgan fingerprint density at radius 1 is 1.60 bits per heavy atom. The molecule has 0 saturated heterocycles. The number of nitrogens with two attached hydrogens (primary N) is 1. The highest BCUT2D eigenvalue weighted by Gasteiger charge is 2.23. The number of fused-ring (bicyclic) bond motifs is 1. The van der Waals surface area contributed by atoms with Crippen LogP contribution in [0, 0.1) is 0 Å². The minimum atomic E-state index is -1.05. The lowest BCUT2D eigenvalue weighted by Gasteiger charge is -2.21. The zero-order valence-corrected chi connectivity index (χ0v) is 8.67. The van der Waals surface area contributed by atoms with Crippen molar-refractivity contribution in [3.63, 3.8) is 0 Å². The molecule has 0 aromatic heterocycles. The standard InChI is InChI=1S/C10H10ClNO3/c11-7-4-6(10(13)14)9-5(8(7)12)2-1-3-15-9/h4H,1-3,12H2,(H,13,14). The summed E-state index contributed by atoms with van der Waals surface area (Å²) in [7, 11) is 0. The van der Waals surface area contributed by atoms with Gasteiger partial charge in [0, 0.05) is 5.56 Å². The second-order valence-corrected chi connectivity index (χ2v) is 3.79. The average Bonchev–Trinajstić information content (AvgIpc) is 2.23. The fraction of sp³-hybridized carbons (Fsp3) is 0.300. The molecule has 0 unspecified atom stereocenters. The summed E-state index contributed by atoms with van der Waals surface area (Å²) < 4.78 is 5.33. The third-order valence-corrected chi connectivity index (χ3v) is 2.73. The van der Waals surface area contributed by atoms with E-state index in [1.807, 2.05) is 0 Å². The molecule has 0 aliphatic carbocycles. The van der Waals surface area contributed by atoms with Gasteiger partial charge in [0.05, 0.1) is 17.3 Å². The molecule has 1 aliphatic rings. The maximum atomic E-state index is 11.0. The summed E-state index contributed by atoms with van der Waals surface area (Å²) in [6.45, 7) is 0.522. The highest BCUT2D eigenvalue weighted by atomic mass is 35.5. The van der Waals surface area contributed by atoms with Crippen molar-refractivity contribution >= 4 is 23.3 Å². The number of benzene rings is 1. The second kappa shape index (κ2) is 3.62. The van der Waals surface area contributed by atoms with Gasteiger partial charge in [0.25, 0.3) is 0 Å². The first-order valence-electron chi connectivity index (χ1n) is 4.58. The number of anilines is 1. The van der Waals surface area contributed by atoms with Crippen LogP contribution in [0.3, 0.4) is 0 Å². The number of carboxylic acids is 1. The fourth-order valence-corrected chi connectivity index (χ4v) is 1.92. The van der Waals surface area contributed by atoms with Crippen LogP contribution in [-0.2, 0) is 6.42 Å². The molecule has 15 heavy (non-hydrogen) atoms. The molecule has 1 aliphatic heterocycles. The maximum absolute atomic E-state index is 11.0. The molecule has 0 spiro atoms. The molecule has 0 amide bonds. The van der Waals surface area contributed by atoms with Crippen LogP contribution in [0.15, 0.2) is 6.07 Å². The van der Waals surface area contributed by atoms with E-state index in [9.17, 15) is 4.79 Å². The summed E-state index contributed by atoms with van der Waals surface area (Å²) in [5, 5.41) is 9.25. The lowest BCUT2D eigenvalue weighted by Crippen LogP contribution is -2.15. The number of rotatable bonds is 1. The van der Waals surface area contributed by atoms with Gasteiger partial charge in [-0.1, -0.05) is 11.6 Å². The zero-order valence-electron chi connectivity index (χ0n) is 7.92. The molecule has 1 heterocycles. The molecule has 3 N–H and O–H groups in total. The molecule has 2 rings (SSSR count). The number of hydrogen-bond donors (Lipinski definition) is 2. The molecule has 4 nitrogen and oxygen atoms in total. The van der Waals surface area contributed by atoms with E-state index in [0.717, 1.165) is 6.42 Å². The van der Waals surface area contributed by atoms with Gasteiger partial charge < -0.3 is 15.6 Å². The summed E-state index contributed by atoms with van der Waals surface area (Å²) in [6, 6.07) is 1.34. The van der Waals surface area contributed by atoms with E-state index in [4.69, 9.17) is 27.2 Å². The van der Waals surface area contributed by atoms with Crippen LogP contribution in [0.5, 0.6) is 5.75 Å². The first-order chi connectivity index (χ1) is 7.11. The van der Waals surface area contributed by atoms with E-state index in [-0.39, 0.29) is 10.6 Å². The van der Waals surface area contributed by atoms with Gasteiger partial charge in [-0.25, -0.2) is 4.79 Å². The van der Waals surface area contributed by atoms with Crippen molar-refractivity contribution in [2.75, 3.05) is 12.3 Å². The molecule has 5 heteroatoms. The summed E-state index contributed by atoms with van der Waals surface area (Å²) in [4.78, 5) is 11.0. The quantitative estimate of drug-likeness (QED) is 0.720. The summed E-state index contributed by atoms with van der Waals surface area (Å²) >= 11 is 5.85. The predicted molar refractivity (Wildman–Crippen MR) is 56.6 cm³/mol. The van der Waals surface area contributed by atoms with Crippen molar-refractivity contribution in [3.05, 3.63) is 22.2 Å². The number of carboxylic acid groups (broad SMARTS) is 1. The molecule has 0 saturated carbocycles. The Morgan fingerprint density at radius 2 is 2.33 bits per heavy atom. The SMILES string of the molecule is Nc1c(Cl)cc(C(=O)O)c2c1CCCO2. The van der Waals surface area contributed by atoms with Crippen LogP contribution in [0.4, 0.5) is 5.69 Å². The van der Waals surface area contributed by atoms with E-state index < -0.39 is 5.97 Å². The highest BCUT2D eigenvalue weighted by Crippen LogP contribution is 2.37. The summed E-state index contributed by atoms with van der Waals surface area (Å²) in [5.41, 5.74) is 7.00. The van der Waals surface area contributed by atoms with Gasteiger partial charge in [0.1, 0.15) is 11.3 Å². The molecular formula is C10H10ClNO3. The van der Waals surface area contributed by atoms with Crippen molar-refractivity contribution in [2.24, 2.45) is 0 Å². The van der Waals surface area contributed by atoms with Gasteiger partial charge in [-0.05, 0) is 18.9 Å². The molecular weight excluding hydrogens is 218 g/mol. The Kier molecular flexibility index (Phi) is 2.44. The Hall–Kier alpha value is -1.42. The maximum Gasteiger partial charge on any atom is 0.339 e. The largest absolute Gasteiger partial charge is 0.492 e. The van der Waals surface area contributed by atoms with Crippen LogP contribution < -0.4 is 10.5 Å². The van der Waals surface area contributed by atoms with E-state index >= 15 is 0 Å². The Morgan fingerprint density at radius 3 is 3.00 bits per heavy atom. The van der Waals surface area contributed by atoms with Gasteiger partial charge in [0.15, 0.2) is 0 Å². The molecule has 1 aromatic carbocycles. The van der Waals surface area contributed by atoms with Crippen molar-refractivity contribution < 1.29 is 14.6 Å². The number of carbonyl (C=O) groups is 1. The normalized spacial score (nSPS) is 14.2. The lowest BCUT2D eigenvalue weighted by molar-refractivity contribution is 0.0691. The topological polar surface area (TPSA) is 72.6 Å². The van der Waals surface area contributed by atoms with Gasteiger partial charge in [-0.2, -0.15) is 0 Å². The lowest BCUT2D eigenvalue weighted by atomic mass is 10.0. The van der Waals surface area contributed by atoms with E-state index in [1.165, 1.54) is 6.07 Å². The van der Waals surface area contributed by atoms with Crippen molar-refractivity contribution in [2.45, 2.75) is 12.8 Å². The summed E-state index contributed by atoms with van der Waals surface area (Å²) in [5.74, 6) is -0.675. The number of halogens is 1. The molecule has 0 bridgehead atoms. The first-order valence-corrected chi connectivity index (χ1v) is 4.96. The molecule has 80 valence electrons. The minimum absolute atomic E-state index is 0.0869. The molecule has 0 fully saturated rings. The van der Waals surface area contributed by atoms with Crippen LogP contribution in [0.2, 0.25) is 5.02 Å². The Labute approximate surface area is 91.6 Å². The molecule has 1 aromatic rings. The third kappa shape index (κ3) is 1.61. The minimum Gasteiger partial charge on any atom is -0.492 e. The number of hydrogen-bond acceptors (Lipinski definition) is 3. The first kappa shape index (κ1) is 10.1. The smallest absolute Gasteiger partial charge is 0.339 e. The van der Waals surface area contributed by atoms with Gasteiger partial charge in [-0.3, -0.25) is 0 Å². The van der Waals surface area contributed by atoms with Gasteiger partial charge >= 0.3 is 5.97 Å². The third-order valence-electron chi connectivity index (χ3n) is 2.42. The highest BCUT2D eigenvalue weighted by molar-refractivity contribution is 6.33. The van der Waals surface area contributed by atoms with E-state index in [1.54, 1.807) is 0 Å². The number of aromatic carboxylic acids is 1. The number of nitrogen functional groups attached to an aromatic ring is 1. The van der Waals surface area contributed by atoms with Gasteiger partial charge in [-0.15, -0.1) is 0 Å². The van der Waals surface area contributed by atoms with Crippen molar-refractivity contribution in [3.8, 4) is 5.75 Å². The van der Waals surface area contributed by atoms with Crippen LogP contribution in [0.1, 0.15) is 22.3 Å². The van der Waals surface area contributed by atoms with Crippen molar-refractivity contribution in [1.29, 1.82) is 0 Å². The fourth-order valence-electron chi connectivity index (χ4n) is 1.69. The summed E-state index contributed by atoms with van der Waals surface area (Å²) in [6.07, 6.45) is 1.54. The Balaban J connectivity index is 2.67. The number of ether oxygens (including phenoxy) is 1. The van der Waals surface area contributed by atoms with Crippen LogP contribution >= 0.6 is 11.6 Å². The second-order valence-electron chi connectivity index (χ2n) is 3.38. The average molecular weight is 228 g/mol. The predicted octanol–water partition coefficient (Wildman–Crippen LogP) is 1.95. The van der Waals surface area contributed by atoms with Gasteiger partial charge in [0.2, 0.25) is 0 Å². The molecule has 0 atom stereocenters. The monoisotopic (exact) mass is 227 g/mol. The molecule has 0 radical (unpaired) electrons. The zero-order chi connectivity index (χ0) is 11.0. The van der Waals surface area contributed by atoms with E-state index in [2.05, 4.69) is 0 Å².